The highest BCUT2D eigenvalue weighted by atomic mass is 16.5. The Morgan fingerprint density at radius 1 is 1.30 bits per heavy atom. The summed E-state index contributed by atoms with van der Waals surface area (Å²) in [5.74, 6) is 1.74. The largest absolute Gasteiger partial charge is 0.496 e. The smallest absolute Gasteiger partial charge is 0.125 e. The van der Waals surface area contributed by atoms with Gasteiger partial charge in [0, 0.05) is 29.9 Å². The van der Waals surface area contributed by atoms with E-state index in [4.69, 9.17) is 4.74 Å². The second-order valence-corrected chi connectivity index (χ2v) is 6.09. The Labute approximate surface area is 123 Å². The summed E-state index contributed by atoms with van der Waals surface area (Å²) in [5.41, 5.74) is 2.60. The standard InChI is InChI=1S/C17H28N2O/c1-12-9-10-13(2)19(11-12)15-7-6-8-16(20-5)17(15)14(3)18-4/h6-8,12-14,18H,9-11H2,1-5H3. The molecule has 0 bridgehead atoms. The third-order valence-electron chi connectivity index (χ3n) is 4.56. The van der Waals surface area contributed by atoms with Crippen molar-refractivity contribution < 1.29 is 4.74 Å². The van der Waals surface area contributed by atoms with E-state index in [9.17, 15) is 0 Å². The number of rotatable bonds is 4. The number of nitrogens with zero attached hydrogens (tertiary/aromatic N) is 1. The van der Waals surface area contributed by atoms with Gasteiger partial charge in [0.15, 0.2) is 0 Å². The quantitative estimate of drug-likeness (QED) is 0.909. The van der Waals surface area contributed by atoms with Crippen molar-refractivity contribution >= 4 is 5.69 Å². The molecule has 3 heteroatoms. The molecule has 0 spiro atoms. The van der Waals surface area contributed by atoms with E-state index in [2.05, 4.69) is 49.2 Å². The predicted molar refractivity (Wildman–Crippen MR) is 85.7 cm³/mol. The summed E-state index contributed by atoms with van der Waals surface area (Å²) in [6.07, 6.45) is 2.60. The molecule has 1 aromatic rings. The van der Waals surface area contributed by atoms with Gasteiger partial charge < -0.3 is 15.0 Å². The van der Waals surface area contributed by atoms with E-state index in [0.717, 1.165) is 18.2 Å². The van der Waals surface area contributed by atoms with Crippen LogP contribution in [0.5, 0.6) is 5.75 Å². The lowest BCUT2D eigenvalue weighted by Gasteiger charge is -2.40. The Kier molecular flexibility index (Phi) is 4.92. The summed E-state index contributed by atoms with van der Waals surface area (Å²) >= 11 is 0. The Morgan fingerprint density at radius 2 is 2.05 bits per heavy atom. The first-order chi connectivity index (χ1) is 9.58. The Balaban J connectivity index is 2.44. The number of hydrogen-bond acceptors (Lipinski definition) is 3. The zero-order chi connectivity index (χ0) is 14.7. The highest BCUT2D eigenvalue weighted by molar-refractivity contribution is 5.61. The van der Waals surface area contributed by atoms with Crippen molar-refractivity contribution in [3.05, 3.63) is 23.8 Å². The third-order valence-corrected chi connectivity index (χ3v) is 4.56. The summed E-state index contributed by atoms with van der Waals surface area (Å²) in [7, 11) is 3.76. The maximum atomic E-state index is 5.60. The predicted octanol–water partition coefficient (Wildman–Crippen LogP) is 3.60. The van der Waals surface area contributed by atoms with E-state index in [1.54, 1.807) is 7.11 Å². The van der Waals surface area contributed by atoms with E-state index < -0.39 is 0 Å². The van der Waals surface area contributed by atoms with Crippen molar-refractivity contribution in [2.75, 3.05) is 25.6 Å². The van der Waals surface area contributed by atoms with Crippen LogP contribution in [0.4, 0.5) is 5.69 Å². The van der Waals surface area contributed by atoms with Gasteiger partial charge in [-0.25, -0.2) is 0 Å². The molecule has 0 saturated carbocycles. The molecule has 1 aliphatic rings. The molecule has 1 heterocycles. The van der Waals surface area contributed by atoms with Gasteiger partial charge in [0.2, 0.25) is 0 Å². The van der Waals surface area contributed by atoms with Gasteiger partial charge in [-0.3, -0.25) is 0 Å². The highest BCUT2D eigenvalue weighted by Crippen LogP contribution is 2.37. The van der Waals surface area contributed by atoms with Crippen LogP contribution < -0.4 is 15.0 Å². The molecule has 1 N–H and O–H groups in total. The number of anilines is 1. The number of methoxy groups -OCH3 is 1. The summed E-state index contributed by atoms with van der Waals surface area (Å²) in [6, 6.07) is 7.28. The molecular weight excluding hydrogens is 248 g/mol. The Hall–Kier alpha value is -1.22. The summed E-state index contributed by atoms with van der Waals surface area (Å²) in [6.45, 7) is 8.01. The lowest BCUT2D eigenvalue weighted by Crippen LogP contribution is -2.42. The lowest BCUT2D eigenvalue weighted by molar-refractivity contribution is 0.383. The third kappa shape index (κ3) is 2.93. The molecule has 1 aliphatic heterocycles. The van der Waals surface area contributed by atoms with Crippen LogP contribution in [0.15, 0.2) is 18.2 Å². The van der Waals surface area contributed by atoms with Crippen molar-refractivity contribution in [1.82, 2.24) is 5.32 Å². The second kappa shape index (κ2) is 6.49. The van der Waals surface area contributed by atoms with Crippen LogP contribution in [0.1, 0.15) is 45.2 Å². The van der Waals surface area contributed by atoms with Crippen LogP contribution in [0, 0.1) is 5.92 Å². The molecule has 0 radical (unpaired) electrons. The molecule has 2 rings (SSSR count). The molecule has 3 nitrogen and oxygen atoms in total. The maximum absolute atomic E-state index is 5.60. The summed E-state index contributed by atoms with van der Waals surface area (Å²) < 4.78 is 5.60. The van der Waals surface area contributed by atoms with Crippen molar-refractivity contribution in [2.24, 2.45) is 5.92 Å². The first kappa shape index (κ1) is 15.2. The molecule has 112 valence electrons. The molecule has 20 heavy (non-hydrogen) atoms. The van der Waals surface area contributed by atoms with Crippen LogP contribution >= 0.6 is 0 Å². The number of benzene rings is 1. The SMILES string of the molecule is CNC(C)c1c(OC)cccc1N1CC(C)CCC1C. The molecule has 0 aliphatic carbocycles. The van der Waals surface area contributed by atoms with E-state index in [0.29, 0.717) is 6.04 Å². The van der Waals surface area contributed by atoms with Gasteiger partial charge in [0.1, 0.15) is 5.75 Å². The van der Waals surface area contributed by atoms with Crippen LogP contribution in [-0.4, -0.2) is 26.7 Å². The van der Waals surface area contributed by atoms with Gasteiger partial charge in [-0.1, -0.05) is 13.0 Å². The molecule has 0 amide bonds. The fraction of sp³-hybridized carbons (Fsp3) is 0.647. The fourth-order valence-corrected chi connectivity index (χ4v) is 3.16. The fourth-order valence-electron chi connectivity index (χ4n) is 3.16. The number of hydrogen-bond donors (Lipinski definition) is 1. The number of piperidine rings is 1. The second-order valence-electron chi connectivity index (χ2n) is 6.09. The minimum absolute atomic E-state index is 0.283. The van der Waals surface area contributed by atoms with Gasteiger partial charge in [0.05, 0.1) is 7.11 Å². The summed E-state index contributed by atoms with van der Waals surface area (Å²) in [4.78, 5) is 2.56. The van der Waals surface area contributed by atoms with Crippen LogP contribution in [-0.2, 0) is 0 Å². The molecule has 0 aromatic heterocycles. The minimum Gasteiger partial charge on any atom is -0.496 e. The zero-order valence-corrected chi connectivity index (χ0v) is 13.4. The highest BCUT2D eigenvalue weighted by Gasteiger charge is 2.27. The average Bonchev–Trinajstić information content (AvgIpc) is 2.48. The van der Waals surface area contributed by atoms with Crippen molar-refractivity contribution in [1.29, 1.82) is 0 Å². The molecule has 1 saturated heterocycles. The Bertz CT molecular complexity index is 447. The van der Waals surface area contributed by atoms with E-state index >= 15 is 0 Å². The molecular formula is C17H28N2O. The summed E-state index contributed by atoms with van der Waals surface area (Å²) in [5, 5.41) is 3.35. The van der Waals surface area contributed by atoms with Gasteiger partial charge in [0.25, 0.3) is 0 Å². The molecule has 1 aromatic carbocycles. The van der Waals surface area contributed by atoms with Gasteiger partial charge in [-0.15, -0.1) is 0 Å². The zero-order valence-electron chi connectivity index (χ0n) is 13.4. The first-order valence-electron chi connectivity index (χ1n) is 7.69. The number of nitrogens with one attached hydrogen (secondary N) is 1. The van der Waals surface area contributed by atoms with Gasteiger partial charge in [-0.05, 0) is 51.8 Å². The van der Waals surface area contributed by atoms with Crippen molar-refractivity contribution in [3.8, 4) is 5.75 Å². The molecule has 1 fully saturated rings. The monoisotopic (exact) mass is 276 g/mol. The maximum Gasteiger partial charge on any atom is 0.125 e. The minimum atomic E-state index is 0.283. The van der Waals surface area contributed by atoms with Gasteiger partial charge in [-0.2, -0.15) is 0 Å². The van der Waals surface area contributed by atoms with Crippen LogP contribution in [0.3, 0.4) is 0 Å². The normalized spacial score (nSPS) is 24.6. The number of ether oxygens (including phenoxy) is 1. The molecule has 3 unspecified atom stereocenters. The van der Waals surface area contributed by atoms with E-state index in [1.807, 2.05) is 7.05 Å². The first-order valence-corrected chi connectivity index (χ1v) is 7.69. The van der Waals surface area contributed by atoms with Gasteiger partial charge >= 0.3 is 0 Å². The molecule has 3 atom stereocenters. The van der Waals surface area contributed by atoms with Crippen molar-refractivity contribution in [2.45, 2.75) is 45.7 Å². The topological polar surface area (TPSA) is 24.5 Å². The van der Waals surface area contributed by atoms with E-state index in [1.165, 1.54) is 24.1 Å². The lowest BCUT2D eigenvalue weighted by atomic mass is 9.92. The van der Waals surface area contributed by atoms with Crippen LogP contribution in [0.2, 0.25) is 0 Å². The average molecular weight is 276 g/mol. The van der Waals surface area contributed by atoms with Crippen LogP contribution in [0.25, 0.3) is 0 Å². The van der Waals surface area contributed by atoms with E-state index in [-0.39, 0.29) is 6.04 Å². The van der Waals surface area contributed by atoms with Crippen molar-refractivity contribution in [3.63, 3.8) is 0 Å². The Morgan fingerprint density at radius 3 is 2.70 bits per heavy atom.